The van der Waals surface area contributed by atoms with Crippen molar-refractivity contribution in [2.24, 2.45) is 0 Å². The van der Waals surface area contributed by atoms with Crippen LogP contribution in [0.1, 0.15) is 35.1 Å². The maximum absolute atomic E-state index is 12.8. The van der Waals surface area contributed by atoms with E-state index in [-0.39, 0.29) is 18.3 Å². The molecule has 7 nitrogen and oxygen atoms in total. The number of nitriles is 1. The van der Waals surface area contributed by atoms with Gasteiger partial charge in [-0.15, -0.1) is 13.2 Å². The predicted molar refractivity (Wildman–Crippen MR) is 136 cm³/mol. The maximum atomic E-state index is 12.8. The average Bonchev–Trinajstić information content (AvgIpc) is 2.85. The van der Waals surface area contributed by atoms with Crippen LogP contribution in [0.4, 0.5) is 19.1 Å². The van der Waals surface area contributed by atoms with Gasteiger partial charge in [0.25, 0.3) is 0 Å². The Kier molecular flexibility index (Phi) is 8.19. The molecule has 1 aliphatic rings. The number of halogens is 4. The first-order chi connectivity index (χ1) is 17.6. The van der Waals surface area contributed by atoms with E-state index in [2.05, 4.69) is 37.0 Å². The first kappa shape index (κ1) is 26.7. The van der Waals surface area contributed by atoms with Crippen molar-refractivity contribution in [3.05, 3.63) is 69.3 Å². The van der Waals surface area contributed by atoms with E-state index < -0.39 is 6.36 Å². The molecule has 1 saturated heterocycles. The third-order valence-corrected chi connectivity index (χ3v) is 6.52. The van der Waals surface area contributed by atoms with Crippen LogP contribution in [0.2, 0.25) is 0 Å². The lowest BCUT2D eigenvalue weighted by Crippen LogP contribution is -2.43. The highest BCUT2D eigenvalue weighted by atomic mass is 79.9. The molecule has 11 heteroatoms. The number of benzene rings is 2. The third-order valence-electron chi connectivity index (χ3n) is 5.98. The van der Waals surface area contributed by atoms with Crippen molar-refractivity contribution in [1.29, 1.82) is 5.26 Å². The molecule has 194 valence electrons. The SMILES string of the molecule is Cc1cc(C#N)cc(C)c1Oc1nc(N(Cc2cccc(OC(F)(F)F)c2)C2CCNCC2)ncc1Br. The molecule has 0 saturated carbocycles. The Balaban J connectivity index is 1.67. The Morgan fingerprint density at radius 1 is 1.16 bits per heavy atom. The van der Waals surface area contributed by atoms with Gasteiger partial charge in [-0.2, -0.15) is 10.2 Å². The Labute approximate surface area is 221 Å². The number of piperidine rings is 1. The Hall–Kier alpha value is -3.36. The molecule has 37 heavy (non-hydrogen) atoms. The number of rotatable bonds is 7. The van der Waals surface area contributed by atoms with E-state index in [0.29, 0.717) is 33.2 Å². The first-order valence-electron chi connectivity index (χ1n) is 11.7. The summed E-state index contributed by atoms with van der Waals surface area (Å²) in [6.07, 6.45) is -1.52. The van der Waals surface area contributed by atoms with Crippen LogP contribution in [-0.4, -0.2) is 35.5 Å². The molecule has 0 bridgehead atoms. The summed E-state index contributed by atoms with van der Waals surface area (Å²) >= 11 is 3.46. The van der Waals surface area contributed by atoms with E-state index in [1.807, 2.05) is 18.7 Å². The van der Waals surface area contributed by atoms with Gasteiger partial charge in [-0.1, -0.05) is 12.1 Å². The molecule has 1 N–H and O–H groups in total. The van der Waals surface area contributed by atoms with Crippen LogP contribution in [0.3, 0.4) is 0 Å². The van der Waals surface area contributed by atoms with E-state index >= 15 is 0 Å². The van der Waals surface area contributed by atoms with Gasteiger partial charge in [-0.25, -0.2) is 4.98 Å². The Morgan fingerprint density at radius 2 is 1.86 bits per heavy atom. The molecule has 0 unspecified atom stereocenters. The van der Waals surface area contributed by atoms with Crippen molar-refractivity contribution >= 4 is 21.9 Å². The van der Waals surface area contributed by atoms with Gasteiger partial charge in [0.2, 0.25) is 11.8 Å². The van der Waals surface area contributed by atoms with Crippen LogP contribution in [0.25, 0.3) is 0 Å². The monoisotopic (exact) mass is 575 g/mol. The molecular weight excluding hydrogens is 551 g/mol. The van der Waals surface area contributed by atoms with Crippen molar-refractivity contribution < 1.29 is 22.6 Å². The number of nitrogens with one attached hydrogen (secondary N) is 1. The lowest BCUT2D eigenvalue weighted by molar-refractivity contribution is -0.274. The zero-order valence-electron chi connectivity index (χ0n) is 20.3. The standard InChI is InChI=1S/C26H25BrF3N5O2/c1-16-10-19(13-31)11-17(2)23(16)36-24-22(27)14-33-25(34-24)35(20-6-8-32-9-7-20)15-18-4-3-5-21(12-18)37-26(28,29)30/h3-5,10-12,14,20,32H,6-9,15H2,1-2H3. The quantitative estimate of drug-likeness (QED) is 0.360. The van der Waals surface area contributed by atoms with Crippen LogP contribution in [0.15, 0.2) is 47.1 Å². The molecule has 3 aromatic rings. The van der Waals surface area contributed by atoms with Crippen molar-refractivity contribution in [2.45, 2.75) is 45.6 Å². The molecule has 0 spiro atoms. The van der Waals surface area contributed by atoms with Crippen molar-refractivity contribution in [2.75, 3.05) is 18.0 Å². The fraction of sp³-hybridized carbons (Fsp3) is 0.346. The van der Waals surface area contributed by atoms with Crippen molar-refractivity contribution in [3.63, 3.8) is 0 Å². The number of anilines is 1. The zero-order valence-corrected chi connectivity index (χ0v) is 21.9. The second-order valence-electron chi connectivity index (χ2n) is 8.78. The van der Waals surface area contributed by atoms with Gasteiger partial charge in [0.1, 0.15) is 11.5 Å². The second-order valence-corrected chi connectivity index (χ2v) is 9.63. The Morgan fingerprint density at radius 3 is 2.51 bits per heavy atom. The molecular formula is C26H25BrF3N5O2. The molecule has 1 fully saturated rings. The molecule has 1 aliphatic heterocycles. The lowest BCUT2D eigenvalue weighted by atomic mass is 10.0. The van der Waals surface area contributed by atoms with E-state index in [4.69, 9.17) is 9.72 Å². The smallest absolute Gasteiger partial charge is 0.437 e. The van der Waals surface area contributed by atoms with Crippen molar-refractivity contribution in [1.82, 2.24) is 15.3 Å². The lowest BCUT2D eigenvalue weighted by Gasteiger charge is -2.35. The van der Waals surface area contributed by atoms with E-state index in [1.165, 1.54) is 18.2 Å². The molecule has 0 aliphatic carbocycles. The first-order valence-corrected chi connectivity index (χ1v) is 12.5. The number of ether oxygens (including phenoxy) is 2. The summed E-state index contributed by atoms with van der Waals surface area (Å²) in [6, 6.07) is 11.6. The fourth-order valence-electron chi connectivity index (χ4n) is 4.34. The minimum absolute atomic E-state index is 0.0702. The normalized spacial score (nSPS) is 14.2. The van der Waals surface area contributed by atoms with Gasteiger partial charge >= 0.3 is 6.36 Å². The van der Waals surface area contributed by atoms with Crippen molar-refractivity contribution in [3.8, 4) is 23.4 Å². The van der Waals surface area contributed by atoms with Gasteiger partial charge in [0, 0.05) is 12.6 Å². The van der Waals surface area contributed by atoms with Gasteiger partial charge in [-0.05, 0) is 96.7 Å². The summed E-state index contributed by atoms with van der Waals surface area (Å²) < 4.78 is 49.1. The zero-order chi connectivity index (χ0) is 26.6. The van der Waals surface area contributed by atoms with Crippen LogP contribution < -0.4 is 19.7 Å². The highest BCUT2D eigenvalue weighted by Crippen LogP contribution is 2.34. The summed E-state index contributed by atoms with van der Waals surface area (Å²) in [4.78, 5) is 11.2. The number of hydrogen-bond acceptors (Lipinski definition) is 7. The maximum Gasteiger partial charge on any atom is 0.573 e. The second kappa shape index (κ2) is 11.4. The van der Waals surface area contributed by atoms with Gasteiger partial charge in [0.05, 0.1) is 22.3 Å². The number of hydrogen-bond donors (Lipinski definition) is 1. The minimum Gasteiger partial charge on any atom is -0.437 e. The minimum atomic E-state index is -4.77. The van der Waals surface area contributed by atoms with Crippen LogP contribution >= 0.6 is 15.9 Å². The molecule has 0 radical (unpaired) electrons. The number of alkyl halides is 3. The number of nitrogens with zero attached hydrogens (tertiary/aromatic N) is 4. The largest absolute Gasteiger partial charge is 0.573 e. The summed E-state index contributed by atoms with van der Waals surface area (Å²) in [6.45, 7) is 5.62. The molecule has 2 heterocycles. The summed E-state index contributed by atoms with van der Waals surface area (Å²) in [5, 5.41) is 12.6. The predicted octanol–water partition coefficient (Wildman–Crippen LogP) is 6.18. The topological polar surface area (TPSA) is 83.3 Å². The van der Waals surface area contributed by atoms with Crippen LogP contribution in [0, 0.1) is 25.2 Å². The van der Waals surface area contributed by atoms with E-state index in [1.54, 1.807) is 24.4 Å². The summed E-state index contributed by atoms with van der Waals surface area (Å²) in [5.74, 6) is 1.02. The van der Waals surface area contributed by atoms with Crippen LogP contribution in [0.5, 0.6) is 17.4 Å². The van der Waals surface area contributed by atoms with E-state index in [0.717, 1.165) is 37.1 Å². The number of aryl methyl sites for hydroxylation is 2. The summed E-state index contributed by atoms with van der Waals surface area (Å²) in [5.41, 5.74) is 2.76. The third kappa shape index (κ3) is 6.90. The van der Waals surface area contributed by atoms with E-state index in [9.17, 15) is 18.4 Å². The fourth-order valence-corrected chi connectivity index (χ4v) is 4.62. The number of aromatic nitrogens is 2. The Bertz CT molecular complexity index is 1280. The average molecular weight is 576 g/mol. The van der Waals surface area contributed by atoms with Gasteiger partial charge in [-0.3, -0.25) is 0 Å². The highest BCUT2D eigenvalue weighted by Gasteiger charge is 2.31. The van der Waals surface area contributed by atoms with Gasteiger partial charge < -0.3 is 19.7 Å². The highest BCUT2D eigenvalue weighted by molar-refractivity contribution is 9.10. The molecule has 2 aromatic carbocycles. The molecule has 4 rings (SSSR count). The molecule has 0 atom stereocenters. The molecule has 1 aromatic heterocycles. The van der Waals surface area contributed by atoms with Gasteiger partial charge in [0.15, 0.2) is 0 Å². The summed E-state index contributed by atoms with van der Waals surface area (Å²) in [7, 11) is 0. The molecule has 0 amide bonds. The van der Waals surface area contributed by atoms with Crippen LogP contribution in [-0.2, 0) is 6.54 Å².